The van der Waals surface area contributed by atoms with Crippen molar-refractivity contribution in [2.75, 3.05) is 10.8 Å². The third-order valence-electron chi connectivity index (χ3n) is 6.38. The Hall–Kier alpha value is -3.43. The van der Waals surface area contributed by atoms with Gasteiger partial charge >= 0.3 is 0 Å². The molecular formula is C29H33ClFN3O4S. The molecule has 3 aromatic rings. The molecule has 0 saturated carbocycles. The highest BCUT2D eigenvalue weighted by atomic mass is 35.5. The van der Waals surface area contributed by atoms with Crippen molar-refractivity contribution < 1.29 is 22.4 Å². The largest absolute Gasteiger partial charge is 0.352 e. The van der Waals surface area contributed by atoms with Gasteiger partial charge in [0.1, 0.15) is 18.4 Å². The first-order chi connectivity index (χ1) is 18.6. The van der Waals surface area contributed by atoms with Crippen LogP contribution in [0.5, 0.6) is 0 Å². The Morgan fingerprint density at radius 1 is 0.923 bits per heavy atom. The summed E-state index contributed by atoms with van der Waals surface area (Å²) in [6.45, 7) is 4.95. The van der Waals surface area contributed by atoms with Crippen molar-refractivity contribution in [3.63, 3.8) is 0 Å². The van der Waals surface area contributed by atoms with Gasteiger partial charge < -0.3 is 10.2 Å². The van der Waals surface area contributed by atoms with Gasteiger partial charge in [0.05, 0.1) is 15.6 Å². The molecule has 0 aliphatic heterocycles. The summed E-state index contributed by atoms with van der Waals surface area (Å²) in [5, 5.41) is 3.06. The number of nitrogens with one attached hydrogen (secondary N) is 1. The van der Waals surface area contributed by atoms with Crippen molar-refractivity contribution in [1.29, 1.82) is 0 Å². The molecule has 10 heteroatoms. The zero-order valence-electron chi connectivity index (χ0n) is 22.2. The molecule has 0 saturated heterocycles. The van der Waals surface area contributed by atoms with E-state index >= 15 is 0 Å². The minimum Gasteiger partial charge on any atom is -0.352 e. The Morgan fingerprint density at radius 2 is 1.54 bits per heavy atom. The fourth-order valence-electron chi connectivity index (χ4n) is 4.03. The average Bonchev–Trinajstić information content (AvgIpc) is 2.93. The van der Waals surface area contributed by atoms with Crippen LogP contribution in [-0.2, 0) is 26.2 Å². The van der Waals surface area contributed by atoms with Crippen LogP contribution >= 0.6 is 11.6 Å². The second-order valence-corrected chi connectivity index (χ2v) is 11.4. The lowest BCUT2D eigenvalue weighted by atomic mass is 10.1. The van der Waals surface area contributed by atoms with E-state index in [2.05, 4.69) is 5.32 Å². The Kier molecular flexibility index (Phi) is 10.5. The molecule has 2 amide bonds. The normalized spacial score (nSPS) is 12.8. The van der Waals surface area contributed by atoms with Crippen LogP contribution in [0.2, 0.25) is 5.02 Å². The van der Waals surface area contributed by atoms with Gasteiger partial charge in [-0.1, -0.05) is 67.9 Å². The van der Waals surface area contributed by atoms with Crippen molar-refractivity contribution in [2.24, 2.45) is 0 Å². The van der Waals surface area contributed by atoms with E-state index in [0.29, 0.717) is 12.0 Å². The van der Waals surface area contributed by atoms with Gasteiger partial charge in [0.15, 0.2) is 0 Å². The second-order valence-electron chi connectivity index (χ2n) is 9.17. The zero-order valence-corrected chi connectivity index (χ0v) is 23.8. The van der Waals surface area contributed by atoms with Crippen LogP contribution in [0.4, 0.5) is 10.1 Å². The summed E-state index contributed by atoms with van der Waals surface area (Å²) in [7, 11) is -4.21. The van der Waals surface area contributed by atoms with Gasteiger partial charge in [-0.15, -0.1) is 0 Å². The van der Waals surface area contributed by atoms with Gasteiger partial charge in [0.25, 0.3) is 10.0 Å². The van der Waals surface area contributed by atoms with E-state index in [4.69, 9.17) is 11.6 Å². The number of sulfonamides is 1. The molecule has 0 unspecified atom stereocenters. The van der Waals surface area contributed by atoms with Gasteiger partial charge in [-0.05, 0) is 61.7 Å². The van der Waals surface area contributed by atoms with E-state index in [1.165, 1.54) is 47.4 Å². The summed E-state index contributed by atoms with van der Waals surface area (Å²) in [5.74, 6) is -1.39. The number of halogens is 2. The third-order valence-corrected chi connectivity index (χ3v) is 8.48. The standard InChI is InChI=1S/C29H33ClFN3O4S/c1-4-21(3)32-29(36)26(5-2)33(19-22-15-17-23(31)18-16-22)28(35)20-34(27-14-10-9-13-25(27)30)39(37,38)24-11-7-6-8-12-24/h6-18,21,26H,4-5,19-20H2,1-3H3,(H,32,36)/t21-,26-/m0/s1. The SMILES string of the molecule is CC[C@H](C)NC(=O)[C@H](CC)N(Cc1ccc(F)cc1)C(=O)CN(c1ccccc1Cl)S(=O)(=O)c1ccccc1. The smallest absolute Gasteiger partial charge is 0.264 e. The van der Waals surface area contributed by atoms with Gasteiger partial charge in [-0.2, -0.15) is 0 Å². The summed E-state index contributed by atoms with van der Waals surface area (Å²) in [6.07, 6.45) is 0.983. The number of para-hydroxylation sites is 1. The van der Waals surface area contributed by atoms with Crippen LogP contribution < -0.4 is 9.62 Å². The van der Waals surface area contributed by atoms with Crippen LogP contribution in [0.3, 0.4) is 0 Å². The summed E-state index contributed by atoms with van der Waals surface area (Å²) in [5.41, 5.74) is 0.727. The zero-order chi connectivity index (χ0) is 28.6. The lowest BCUT2D eigenvalue weighted by molar-refractivity contribution is -0.140. The number of amides is 2. The molecule has 2 atom stereocenters. The molecule has 0 heterocycles. The molecule has 3 aromatic carbocycles. The van der Waals surface area contributed by atoms with Crippen molar-refractivity contribution in [2.45, 2.75) is 57.1 Å². The first-order valence-electron chi connectivity index (χ1n) is 12.7. The molecule has 1 N–H and O–H groups in total. The maximum absolute atomic E-state index is 14.0. The van der Waals surface area contributed by atoms with Gasteiger partial charge in [0, 0.05) is 12.6 Å². The number of hydrogen-bond donors (Lipinski definition) is 1. The molecular weight excluding hydrogens is 541 g/mol. The number of benzene rings is 3. The molecule has 39 heavy (non-hydrogen) atoms. The molecule has 3 rings (SSSR count). The number of nitrogens with zero attached hydrogens (tertiary/aromatic N) is 2. The minimum atomic E-state index is -4.21. The highest BCUT2D eigenvalue weighted by Gasteiger charge is 2.34. The first-order valence-corrected chi connectivity index (χ1v) is 14.6. The number of anilines is 1. The predicted molar refractivity (Wildman–Crippen MR) is 151 cm³/mol. The molecule has 0 aliphatic carbocycles. The molecule has 0 radical (unpaired) electrons. The first kappa shape index (κ1) is 30.1. The van der Waals surface area contributed by atoms with E-state index in [0.717, 1.165) is 4.31 Å². The van der Waals surface area contributed by atoms with Crippen LogP contribution in [0.25, 0.3) is 0 Å². The predicted octanol–water partition coefficient (Wildman–Crippen LogP) is 5.40. The maximum atomic E-state index is 14.0. The van der Waals surface area contributed by atoms with Crippen molar-refractivity contribution >= 4 is 39.1 Å². The second kappa shape index (κ2) is 13.6. The average molecular weight is 574 g/mol. The van der Waals surface area contributed by atoms with Gasteiger partial charge in [0.2, 0.25) is 11.8 Å². The Labute approximate surface area is 234 Å². The molecule has 0 bridgehead atoms. The van der Waals surface area contributed by atoms with E-state index in [1.807, 2.05) is 13.8 Å². The van der Waals surface area contributed by atoms with E-state index in [9.17, 15) is 22.4 Å². The topological polar surface area (TPSA) is 86.8 Å². The molecule has 7 nitrogen and oxygen atoms in total. The fourth-order valence-corrected chi connectivity index (χ4v) is 5.78. The van der Waals surface area contributed by atoms with Crippen LogP contribution in [0, 0.1) is 5.82 Å². The Balaban J connectivity index is 2.05. The molecule has 0 aromatic heterocycles. The molecule has 0 spiro atoms. The molecule has 0 fully saturated rings. The minimum absolute atomic E-state index is 0.00985. The number of rotatable bonds is 12. The van der Waals surface area contributed by atoms with Crippen LogP contribution in [-0.4, -0.2) is 43.8 Å². The van der Waals surface area contributed by atoms with E-state index < -0.39 is 34.3 Å². The lowest BCUT2D eigenvalue weighted by Crippen LogP contribution is -2.53. The van der Waals surface area contributed by atoms with Crippen LogP contribution in [0.1, 0.15) is 39.2 Å². The summed E-state index contributed by atoms with van der Waals surface area (Å²) < 4.78 is 42.1. The summed E-state index contributed by atoms with van der Waals surface area (Å²) in [6, 6.07) is 18.7. The van der Waals surface area contributed by atoms with Crippen molar-refractivity contribution in [3.05, 3.63) is 95.3 Å². The maximum Gasteiger partial charge on any atom is 0.264 e. The third kappa shape index (κ3) is 7.58. The summed E-state index contributed by atoms with van der Waals surface area (Å²) >= 11 is 6.40. The number of hydrogen-bond acceptors (Lipinski definition) is 4. The monoisotopic (exact) mass is 573 g/mol. The highest BCUT2D eigenvalue weighted by Crippen LogP contribution is 2.30. The van der Waals surface area contributed by atoms with Gasteiger partial charge in [-0.3, -0.25) is 13.9 Å². The molecule has 208 valence electrons. The number of carbonyl (C=O) groups excluding carboxylic acids is 2. The van der Waals surface area contributed by atoms with Crippen molar-refractivity contribution in [3.8, 4) is 0 Å². The highest BCUT2D eigenvalue weighted by molar-refractivity contribution is 7.92. The van der Waals surface area contributed by atoms with Crippen molar-refractivity contribution in [1.82, 2.24) is 10.2 Å². The fraction of sp³-hybridized carbons (Fsp3) is 0.310. The lowest BCUT2D eigenvalue weighted by Gasteiger charge is -2.34. The van der Waals surface area contributed by atoms with E-state index in [-0.39, 0.29) is 40.5 Å². The van der Waals surface area contributed by atoms with Crippen LogP contribution in [0.15, 0.2) is 83.8 Å². The van der Waals surface area contributed by atoms with E-state index in [1.54, 1.807) is 43.3 Å². The Bertz CT molecular complexity index is 1370. The quantitative estimate of drug-likeness (QED) is 0.314. The summed E-state index contributed by atoms with van der Waals surface area (Å²) in [4.78, 5) is 28.5. The number of carbonyl (C=O) groups is 2. The molecule has 0 aliphatic rings. The van der Waals surface area contributed by atoms with Gasteiger partial charge in [-0.25, -0.2) is 12.8 Å². The Morgan fingerprint density at radius 3 is 2.13 bits per heavy atom.